The van der Waals surface area contributed by atoms with Gasteiger partial charge in [-0.15, -0.1) is 0 Å². The highest BCUT2D eigenvalue weighted by atomic mass is 32.2. The number of anilines is 1. The minimum absolute atomic E-state index is 0.0140. The van der Waals surface area contributed by atoms with Crippen molar-refractivity contribution in [3.8, 4) is 0 Å². The summed E-state index contributed by atoms with van der Waals surface area (Å²) < 4.78 is 0.479. The van der Waals surface area contributed by atoms with Crippen LogP contribution in [-0.4, -0.2) is 15.2 Å². The van der Waals surface area contributed by atoms with Crippen molar-refractivity contribution in [2.45, 2.75) is 13.8 Å². The van der Waals surface area contributed by atoms with E-state index in [1.54, 1.807) is 23.1 Å². The van der Waals surface area contributed by atoms with Gasteiger partial charge in [-0.3, -0.25) is 19.8 Å². The lowest BCUT2D eigenvalue weighted by atomic mass is 10.1. The fourth-order valence-corrected chi connectivity index (χ4v) is 3.78. The molecule has 7 heteroatoms. The van der Waals surface area contributed by atoms with Gasteiger partial charge in [0.25, 0.3) is 11.6 Å². The number of carbonyl (C=O) groups excluding carboxylic acids is 1. The number of rotatable bonds is 3. The highest BCUT2D eigenvalue weighted by Crippen LogP contribution is 2.37. The van der Waals surface area contributed by atoms with Crippen molar-refractivity contribution in [1.82, 2.24) is 0 Å². The topological polar surface area (TPSA) is 63.5 Å². The fourth-order valence-electron chi connectivity index (χ4n) is 2.50. The summed E-state index contributed by atoms with van der Waals surface area (Å²) in [6.45, 7) is 3.95. The molecule has 2 aromatic rings. The number of aryl methyl sites for hydroxylation is 1. The first kappa shape index (κ1) is 17.3. The van der Waals surface area contributed by atoms with Crippen LogP contribution >= 0.6 is 24.0 Å². The van der Waals surface area contributed by atoms with E-state index in [1.165, 1.54) is 23.9 Å². The second-order valence-electron chi connectivity index (χ2n) is 5.58. The van der Waals surface area contributed by atoms with Crippen molar-refractivity contribution in [2.75, 3.05) is 4.90 Å². The average molecular weight is 370 g/mol. The first-order valence-electron chi connectivity index (χ1n) is 7.47. The maximum Gasteiger partial charge on any atom is 0.270 e. The van der Waals surface area contributed by atoms with Gasteiger partial charge in [-0.25, -0.2) is 0 Å². The van der Waals surface area contributed by atoms with Crippen LogP contribution < -0.4 is 4.90 Å². The standard InChI is InChI=1S/C18H14N2O3S2/c1-11-4-3-5-15(12(11)2)19-17(21)16(25-18(19)24)10-13-6-8-14(9-7-13)20(22)23/h3-10H,1-2H3/b16-10-. The maximum atomic E-state index is 12.8. The summed E-state index contributed by atoms with van der Waals surface area (Å²) in [5, 5.41) is 10.7. The van der Waals surface area contributed by atoms with Crippen LogP contribution in [0.2, 0.25) is 0 Å². The number of hydrogen-bond donors (Lipinski definition) is 0. The largest absolute Gasteiger partial charge is 0.270 e. The Morgan fingerprint density at radius 3 is 2.48 bits per heavy atom. The molecule has 1 amide bonds. The predicted octanol–water partition coefficient (Wildman–Crippen LogP) is 4.62. The van der Waals surface area contributed by atoms with E-state index < -0.39 is 4.92 Å². The molecule has 0 N–H and O–H groups in total. The molecular formula is C18H14N2O3S2. The molecule has 0 bridgehead atoms. The molecule has 0 unspecified atom stereocenters. The SMILES string of the molecule is Cc1cccc(N2C(=O)/C(=C/c3ccc([N+](=O)[O-])cc3)SC2=S)c1C. The molecule has 1 saturated heterocycles. The summed E-state index contributed by atoms with van der Waals surface area (Å²) in [7, 11) is 0. The molecule has 0 saturated carbocycles. The predicted molar refractivity (Wildman–Crippen MR) is 105 cm³/mol. The van der Waals surface area contributed by atoms with E-state index >= 15 is 0 Å². The number of nitrogens with zero attached hydrogens (tertiary/aromatic N) is 2. The van der Waals surface area contributed by atoms with Gasteiger partial charge in [-0.2, -0.15) is 0 Å². The third kappa shape index (κ3) is 3.33. The molecule has 2 aromatic carbocycles. The van der Waals surface area contributed by atoms with E-state index in [4.69, 9.17) is 12.2 Å². The van der Waals surface area contributed by atoms with Crippen molar-refractivity contribution in [2.24, 2.45) is 0 Å². The van der Waals surface area contributed by atoms with Gasteiger partial charge >= 0.3 is 0 Å². The summed E-state index contributed by atoms with van der Waals surface area (Å²) in [5.74, 6) is -0.179. The molecule has 0 spiro atoms. The summed E-state index contributed by atoms with van der Waals surface area (Å²) >= 11 is 6.62. The van der Waals surface area contributed by atoms with E-state index in [2.05, 4.69) is 0 Å². The highest BCUT2D eigenvalue weighted by molar-refractivity contribution is 8.27. The van der Waals surface area contributed by atoms with E-state index in [9.17, 15) is 14.9 Å². The van der Waals surface area contributed by atoms with Crippen LogP contribution in [-0.2, 0) is 4.79 Å². The van der Waals surface area contributed by atoms with Gasteiger partial charge in [0.15, 0.2) is 4.32 Å². The molecule has 126 valence electrons. The number of non-ortho nitro benzene ring substituents is 1. The van der Waals surface area contributed by atoms with E-state index in [0.29, 0.717) is 14.8 Å². The summed E-state index contributed by atoms with van der Waals surface area (Å²) in [4.78, 5) is 25.1. The smallest absolute Gasteiger partial charge is 0.268 e. The molecule has 25 heavy (non-hydrogen) atoms. The summed E-state index contributed by atoms with van der Waals surface area (Å²) in [5.41, 5.74) is 3.61. The lowest BCUT2D eigenvalue weighted by Crippen LogP contribution is -2.28. The first-order valence-corrected chi connectivity index (χ1v) is 8.69. The second kappa shape index (κ2) is 6.78. The Kier molecular flexibility index (Phi) is 4.69. The van der Waals surface area contributed by atoms with Gasteiger partial charge in [-0.1, -0.05) is 36.1 Å². The molecule has 1 fully saturated rings. The van der Waals surface area contributed by atoms with Crippen LogP contribution in [0.25, 0.3) is 6.08 Å². The zero-order chi connectivity index (χ0) is 18.1. The number of hydrogen-bond acceptors (Lipinski definition) is 5. The van der Waals surface area contributed by atoms with Crippen molar-refractivity contribution in [3.05, 3.63) is 74.2 Å². The van der Waals surface area contributed by atoms with E-state index in [-0.39, 0.29) is 11.6 Å². The normalized spacial score (nSPS) is 15.9. The molecule has 1 heterocycles. The van der Waals surface area contributed by atoms with Crippen molar-refractivity contribution in [1.29, 1.82) is 0 Å². The number of benzene rings is 2. The van der Waals surface area contributed by atoms with Gasteiger partial charge in [0.05, 0.1) is 15.5 Å². The Morgan fingerprint density at radius 1 is 1.16 bits per heavy atom. The third-order valence-corrected chi connectivity index (χ3v) is 5.31. The summed E-state index contributed by atoms with van der Waals surface area (Å²) in [6.07, 6.45) is 1.70. The molecule has 0 aromatic heterocycles. The van der Waals surface area contributed by atoms with Gasteiger partial charge < -0.3 is 0 Å². The highest BCUT2D eigenvalue weighted by Gasteiger charge is 2.34. The van der Waals surface area contributed by atoms with Crippen LogP contribution in [0.1, 0.15) is 16.7 Å². The quantitative estimate of drug-likeness (QED) is 0.341. The molecule has 0 atom stereocenters. The Bertz CT molecular complexity index is 920. The van der Waals surface area contributed by atoms with Crippen molar-refractivity contribution < 1.29 is 9.72 Å². The number of amides is 1. The van der Waals surface area contributed by atoms with Crippen LogP contribution in [0, 0.1) is 24.0 Å². The summed E-state index contributed by atoms with van der Waals surface area (Å²) in [6, 6.07) is 11.8. The number of thiocarbonyl (C=S) groups is 1. The Balaban J connectivity index is 1.93. The lowest BCUT2D eigenvalue weighted by molar-refractivity contribution is -0.384. The van der Waals surface area contributed by atoms with Crippen molar-refractivity contribution in [3.63, 3.8) is 0 Å². The third-order valence-electron chi connectivity index (χ3n) is 4.01. The Hall–Kier alpha value is -2.51. The average Bonchev–Trinajstić information content (AvgIpc) is 2.85. The molecular weight excluding hydrogens is 356 g/mol. The van der Waals surface area contributed by atoms with Gasteiger partial charge in [0.1, 0.15) is 0 Å². The van der Waals surface area contributed by atoms with Crippen LogP contribution in [0.15, 0.2) is 47.4 Å². The van der Waals surface area contributed by atoms with Gasteiger partial charge in [-0.05, 0) is 54.8 Å². The Labute approximate surface area is 154 Å². The van der Waals surface area contributed by atoms with E-state index in [1.807, 2.05) is 32.0 Å². The van der Waals surface area contributed by atoms with Crippen LogP contribution in [0.3, 0.4) is 0 Å². The Morgan fingerprint density at radius 2 is 1.84 bits per heavy atom. The van der Waals surface area contributed by atoms with Crippen LogP contribution in [0.5, 0.6) is 0 Å². The molecule has 1 aliphatic heterocycles. The van der Waals surface area contributed by atoms with Gasteiger partial charge in [0, 0.05) is 12.1 Å². The molecule has 0 aliphatic carbocycles. The second-order valence-corrected chi connectivity index (χ2v) is 7.26. The number of nitro benzene ring substituents is 1. The number of thioether (sulfide) groups is 1. The zero-order valence-corrected chi connectivity index (χ0v) is 15.2. The first-order chi connectivity index (χ1) is 11.9. The van der Waals surface area contributed by atoms with Crippen LogP contribution in [0.4, 0.5) is 11.4 Å². The number of carbonyl (C=O) groups is 1. The molecule has 3 rings (SSSR count). The molecule has 1 aliphatic rings. The fraction of sp³-hybridized carbons (Fsp3) is 0.111. The molecule has 5 nitrogen and oxygen atoms in total. The van der Waals surface area contributed by atoms with E-state index in [0.717, 1.165) is 16.8 Å². The minimum atomic E-state index is -0.455. The number of nitro groups is 1. The maximum absolute atomic E-state index is 12.8. The monoisotopic (exact) mass is 370 g/mol. The van der Waals surface area contributed by atoms with Gasteiger partial charge in [0.2, 0.25) is 0 Å². The lowest BCUT2D eigenvalue weighted by Gasteiger charge is -2.18. The zero-order valence-electron chi connectivity index (χ0n) is 13.6. The minimum Gasteiger partial charge on any atom is -0.268 e. The van der Waals surface area contributed by atoms with Crippen molar-refractivity contribution >= 4 is 51.7 Å². The molecule has 0 radical (unpaired) electrons.